The van der Waals surface area contributed by atoms with E-state index >= 15 is 0 Å². The predicted octanol–water partition coefficient (Wildman–Crippen LogP) is 1.53. The molecule has 0 fully saturated rings. The van der Waals surface area contributed by atoms with Crippen molar-refractivity contribution < 1.29 is 19.3 Å². The summed E-state index contributed by atoms with van der Waals surface area (Å²) in [7, 11) is 6.37. The number of aromatic nitrogens is 2. The summed E-state index contributed by atoms with van der Waals surface area (Å²) in [5.41, 5.74) is 1.25. The Labute approximate surface area is 117 Å². The Kier molecular flexibility index (Phi) is 4.14. The SMILES string of the molecule is COc1ccc(C(O)c2ccnn2C)c(OC)c1OC. The van der Waals surface area contributed by atoms with Gasteiger partial charge in [-0.05, 0) is 18.2 Å². The summed E-state index contributed by atoms with van der Waals surface area (Å²) in [4.78, 5) is 0. The smallest absolute Gasteiger partial charge is 0.203 e. The highest BCUT2D eigenvalue weighted by atomic mass is 16.5. The molecule has 2 rings (SSSR count). The molecule has 0 saturated carbocycles. The zero-order chi connectivity index (χ0) is 14.7. The summed E-state index contributed by atoms with van der Waals surface area (Å²) in [5.74, 6) is 1.44. The molecular weight excluding hydrogens is 260 g/mol. The minimum atomic E-state index is -0.864. The fourth-order valence-electron chi connectivity index (χ4n) is 2.15. The van der Waals surface area contributed by atoms with Crippen LogP contribution in [0.2, 0.25) is 0 Å². The average Bonchev–Trinajstić information content (AvgIpc) is 2.90. The molecule has 6 heteroatoms. The van der Waals surface area contributed by atoms with Crippen LogP contribution in [0.3, 0.4) is 0 Å². The van der Waals surface area contributed by atoms with E-state index in [4.69, 9.17) is 14.2 Å². The predicted molar refractivity (Wildman–Crippen MR) is 73.4 cm³/mol. The van der Waals surface area contributed by atoms with E-state index in [9.17, 15) is 5.11 Å². The molecule has 1 aromatic carbocycles. The first-order valence-corrected chi connectivity index (χ1v) is 6.08. The Bertz CT molecular complexity index is 595. The molecule has 6 nitrogen and oxygen atoms in total. The molecule has 1 aromatic heterocycles. The van der Waals surface area contributed by atoms with E-state index in [0.717, 1.165) is 0 Å². The van der Waals surface area contributed by atoms with Gasteiger partial charge in [0.25, 0.3) is 0 Å². The first-order chi connectivity index (χ1) is 9.63. The van der Waals surface area contributed by atoms with Crippen LogP contribution in [0.4, 0.5) is 0 Å². The van der Waals surface area contributed by atoms with Crippen LogP contribution in [0.5, 0.6) is 17.2 Å². The van der Waals surface area contributed by atoms with Gasteiger partial charge in [0, 0.05) is 18.8 Å². The summed E-state index contributed by atoms with van der Waals surface area (Å²) in [5, 5.41) is 14.6. The fourth-order valence-corrected chi connectivity index (χ4v) is 2.15. The van der Waals surface area contributed by atoms with Gasteiger partial charge in [0.1, 0.15) is 6.10 Å². The number of methoxy groups -OCH3 is 3. The van der Waals surface area contributed by atoms with Crippen LogP contribution >= 0.6 is 0 Å². The van der Waals surface area contributed by atoms with Gasteiger partial charge in [-0.1, -0.05) is 0 Å². The van der Waals surface area contributed by atoms with Crippen LogP contribution in [0.1, 0.15) is 17.4 Å². The van der Waals surface area contributed by atoms with Crippen LogP contribution in [-0.2, 0) is 7.05 Å². The lowest BCUT2D eigenvalue weighted by Gasteiger charge is -2.19. The summed E-state index contributed by atoms with van der Waals surface area (Å²) in [6.07, 6.45) is 0.767. The number of hydrogen-bond donors (Lipinski definition) is 1. The maximum atomic E-state index is 10.5. The van der Waals surface area contributed by atoms with Crippen molar-refractivity contribution in [3.05, 3.63) is 35.7 Å². The van der Waals surface area contributed by atoms with E-state index in [1.165, 1.54) is 14.2 Å². The van der Waals surface area contributed by atoms with E-state index < -0.39 is 6.10 Å². The Morgan fingerprint density at radius 1 is 1.05 bits per heavy atom. The van der Waals surface area contributed by atoms with Gasteiger partial charge in [-0.3, -0.25) is 4.68 Å². The van der Waals surface area contributed by atoms with E-state index in [0.29, 0.717) is 28.5 Å². The second-order valence-electron chi connectivity index (χ2n) is 4.21. The van der Waals surface area contributed by atoms with Gasteiger partial charge >= 0.3 is 0 Å². The highest BCUT2D eigenvalue weighted by Crippen LogP contribution is 2.43. The maximum Gasteiger partial charge on any atom is 0.203 e. The molecule has 108 valence electrons. The van der Waals surface area contributed by atoms with Gasteiger partial charge < -0.3 is 19.3 Å². The van der Waals surface area contributed by atoms with Crippen molar-refractivity contribution in [3.8, 4) is 17.2 Å². The molecule has 1 heterocycles. The van der Waals surface area contributed by atoms with Crippen molar-refractivity contribution in [2.24, 2.45) is 7.05 Å². The number of rotatable bonds is 5. The monoisotopic (exact) mass is 278 g/mol. The summed E-state index contributed by atoms with van der Waals surface area (Å²) >= 11 is 0. The van der Waals surface area contributed by atoms with Crippen molar-refractivity contribution in [2.45, 2.75) is 6.10 Å². The van der Waals surface area contributed by atoms with E-state index in [1.54, 1.807) is 43.2 Å². The summed E-state index contributed by atoms with van der Waals surface area (Å²) in [6.45, 7) is 0. The topological polar surface area (TPSA) is 65.7 Å². The van der Waals surface area contributed by atoms with Gasteiger partial charge in [-0.15, -0.1) is 0 Å². The molecule has 1 N–H and O–H groups in total. The van der Waals surface area contributed by atoms with Crippen LogP contribution < -0.4 is 14.2 Å². The van der Waals surface area contributed by atoms with Gasteiger partial charge in [0.2, 0.25) is 5.75 Å². The number of benzene rings is 1. The second kappa shape index (κ2) is 5.83. The number of aryl methyl sites for hydroxylation is 1. The van der Waals surface area contributed by atoms with Gasteiger partial charge in [-0.2, -0.15) is 5.10 Å². The van der Waals surface area contributed by atoms with Crippen LogP contribution in [0.15, 0.2) is 24.4 Å². The quantitative estimate of drug-likeness (QED) is 0.898. The Morgan fingerprint density at radius 3 is 2.25 bits per heavy atom. The number of aliphatic hydroxyl groups is 1. The fraction of sp³-hybridized carbons (Fsp3) is 0.357. The zero-order valence-corrected chi connectivity index (χ0v) is 12.0. The molecule has 0 amide bonds. The van der Waals surface area contributed by atoms with Crippen LogP contribution in [0, 0.1) is 0 Å². The minimum Gasteiger partial charge on any atom is -0.493 e. The number of aliphatic hydroxyl groups excluding tert-OH is 1. The van der Waals surface area contributed by atoms with Gasteiger partial charge in [0.05, 0.1) is 27.0 Å². The second-order valence-corrected chi connectivity index (χ2v) is 4.21. The molecule has 2 aromatic rings. The van der Waals surface area contributed by atoms with E-state index in [1.807, 2.05) is 0 Å². The molecule has 1 atom stereocenters. The highest BCUT2D eigenvalue weighted by molar-refractivity contribution is 5.57. The molecule has 0 bridgehead atoms. The Balaban J connectivity index is 2.54. The zero-order valence-electron chi connectivity index (χ0n) is 12.0. The van der Waals surface area contributed by atoms with E-state index in [2.05, 4.69) is 5.10 Å². The van der Waals surface area contributed by atoms with Crippen molar-refractivity contribution in [1.82, 2.24) is 9.78 Å². The molecule has 0 radical (unpaired) electrons. The van der Waals surface area contributed by atoms with Crippen LogP contribution in [0.25, 0.3) is 0 Å². The third-order valence-electron chi connectivity index (χ3n) is 3.17. The summed E-state index contributed by atoms with van der Waals surface area (Å²) < 4.78 is 17.5. The van der Waals surface area contributed by atoms with Crippen molar-refractivity contribution >= 4 is 0 Å². The molecule has 0 aliphatic heterocycles. The number of hydrogen-bond acceptors (Lipinski definition) is 5. The van der Waals surface area contributed by atoms with Gasteiger partial charge in [-0.25, -0.2) is 0 Å². The number of nitrogens with zero attached hydrogens (tertiary/aromatic N) is 2. The maximum absolute atomic E-state index is 10.5. The molecule has 0 aliphatic rings. The largest absolute Gasteiger partial charge is 0.493 e. The first-order valence-electron chi connectivity index (χ1n) is 6.08. The third kappa shape index (κ3) is 2.30. The molecule has 0 aliphatic carbocycles. The Hall–Kier alpha value is -2.21. The van der Waals surface area contributed by atoms with Gasteiger partial charge in [0.15, 0.2) is 11.5 Å². The third-order valence-corrected chi connectivity index (χ3v) is 3.17. The molecule has 0 spiro atoms. The normalized spacial score (nSPS) is 12.1. The first kappa shape index (κ1) is 14.2. The summed E-state index contributed by atoms with van der Waals surface area (Å²) in [6, 6.07) is 5.23. The van der Waals surface area contributed by atoms with Crippen molar-refractivity contribution in [3.63, 3.8) is 0 Å². The average molecular weight is 278 g/mol. The highest BCUT2D eigenvalue weighted by Gasteiger charge is 2.23. The molecule has 1 unspecified atom stereocenters. The molecule has 20 heavy (non-hydrogen) atoms. The molecular formula is C14H18N2O4. The Morgan fingerprint density at radius 2 is 1.75 bits per heavy atom. The lowest BCUT2D eigenvalue weighted by atomic mass is 10.0. The lowest BCUT2D eigenvalue weighted by molar-refractivity contribution is 0.202. The standard InChI is InChI=1S/C14H18N2O4/c1-16-10(7-8-15-16)12(17)9-5-6-11(18-2)14(20-4)13(9)19-3/h5-8,12,17H,1-4H3. The van der Waals surface area contributed by atoms with Crippen molar-refractivity contribution in [1.29, 1.82) is 0 Å². The van der Waals surface area contributed by atoms with Crippen molar-refractivity contribution in [2.75, 3.05) is 21.3 Å². The number of ether oxygens (including phenoxy) is 3. The van der Waals surface area contributed by atoms with Crippen LogP contribution in [-0.4, -0.2) is 36.2 Å². The van der Waals surface area contributed by atoms with E-state index in [-0.39, 0.29) is 0 Å². The lowest BCUT2D eigenvalue weighted by Crippen LogP contribution is -2.09. The molecule has 0 saturated heterocycles. The minimum absolute atomic E-state index is 0.445.